The summed E-state index contributed by atoms with van der Waals surface area (Å²) in [6.45, 7) is -0.461. The predicted molar refractivity (Wildman–Crippen MR) is 170 cm³/mol. The number of hydrogen-bond donors (Lipinski definition) is 1. The average molecular weight is 616 g/mol. The number of carbonyl (C=O) groups excluding carboxylic acids is 2. The summed E-state index contributed by atoms with van der Waals surface area (Å²) in [6.07, 6.45) is 5.19. The maximum absolute atomic E-state index is 14.1. The van der Waals surface area contributed by atoms with Gasteiger partial charge in [0.2, 0.25) is 21.8 Å². The van der Waals surface area contributed by atoms with Crippen molar-refractivity contribution in [2.75, 3.05) is 13.6 Å². The fourth-order valence-electron chi connectivity index (χ4n) is 5.76. The van der Waals surface area contributed by atoms with Crippen LogP contribution in [0.15, 0.2) is 102 Å². The molecule has 0 spiro atoms. The van der Waals surface area contributed by atoms with Gasteiger partial charge in [-0.25, -0.2) is 12.8 Å². The van der Waals surface area contributed by atoms with Gasteiger partial charge in [-0.3, -0.25) is 9.59 Å². The van der Waals surface area contributed by atoms with Crippen molar-refractivity contribution >= 4 is 32.6 Å². The Bertz CT molecular complexity index is 1690. The van der Waals surface area contributed by atoms with Crippen molar-refractivity contribution in [1.29, 1.82) is 0 Å². The molecule has 7 nitrogen and oxygen atoms in total. The summed E-state index contributed by atoms with van der Waals surface area (Å²) >= 11 is 0. The van der Waals surface area contributed by atoms with E-state index in [0.717, 1.165) is 52.7 Å². The first-order valence-corrected chi connectivity index (χ1v) is 16.5. The number of nitrogens with one attached hydrogen (secondary N) is 1. The Balaban J connectivity index is 1.45. The number of halogens is 1. The van der Waals surface area contributed by atoms with Crippen LogP contribution in [0, 0.1) is 5.82 Å². The lowest BCUT2D eigenvalue weighted by molar-refractivity contribution is -0.141. The Labute approximate surface area is 258 Å². The SMILES string of the molecule is CN(CC(=O)N(Cc1ccc(F)cc1)[C@H](Cc1ccccc1)C(=O)NC1CCCCC1)S(=O)(=O)c1ccc2ccccc2c1. The van der Waals surface area contributed by atoms with Gasteiger partial charge in [-0.15, -0.1) is 0 Å². The lowest BCUT2D eigenvalue weighted by Gasteiger charge is -2.34. The van der Waals surface area contributed by atoms with Gasteiger partial charge in [0.05, 0.1) is 11.4 Å². The minimum Gasteiger partial charge on any atom is -0.352 e. The van der Waals surface area contributed by atoms with Gasteiger partial charge in [0.25, 0.3) is 0 Å². The molecule has 0 saturated heterocycles. The Hall–Kier alpha value is -4.08. The Kier molecular flexibility index (Phi) is 10.1. The zero-order valence-electron chi connectivity index (χ0n) is 24.9. The summed E-state index contributed by atoms with van der Waals surface area (Å²) in [7, 11) is -2.66. The predicted octanol–water partition coefficient (Wildman–Crippen LogP) is 5.69. The Morgan fingerprint density at radius 1 is 0.841 bits per heavy atom. The van der Waals surface area contributed by atoms with E-state index in [4.69, 9.17) is 0 Å². The van der Waals surface area contributed by atoms with Crippen molar-refractivity contribution in [1.82, 2.24) is 14.5 Å². The molecule has 0 aromatic heterocycles. The highest BCUT2D eigenvalue weighted by molar-refractivity contribution is 7.89. The third kappa shape index (κ3) is 7.70. The van der Waals surface area contributed by atoms with Gasteiger partial charge < -0.3 is 10.2 Å². The number of sulfonamides is 1. The quantitative estimate of drug-likeness (QED) is 0.235. The molecule has 9 heteroatoms. The van der Waals surface area contributed by atoms with Crippen molar-refractivity contribution in [3.8, 4) is 0 Å². The van der Waals surface area contributed by atoms with Gasteiger partial charge in [-0.05, 0) is 59.0 Å². The molecule has 1 saturated carbocycles. The first-order valence-electron chi connectivity index (χ1n) is 15.0. The minimum absolute atomic E-state index is 0.0125. The first-order chi connectivity index (χ1) is 21.2. The molecule has 1 aliphatic rings. The van der Waals surface area contributed by atoms with E-state index in [0.29, 0.717) is 5.56 Å². The summed E-state index contributed by atoms with van der Waals surface area (Å²) in [5, 5.41) is 4.85. The van der Waals surface area contributed by atoms with E-state index in [9.17, 15) is 22.4 Å². The average Bonchev–Trinajstić information content (AvgIpc) is 3.04. The molecule has 0 bridgehead atoms. The number of fused-ring (bicyclic) bond motifs is 1. The summed E-state index contributed by atoms with van der Waals surface area (Å²) in [4.78, 5) is 29.6. The smallest absolute Gasteiger partial charge is 0.243 e. The molecular weight excluding hydrogens is 577 g/mol. The summed E-state index contributed by atoms with van der Waals surface area (Å²) < 4.78 is 42.0. The van der Waals surface area contributed by atoms with Crippen LogP contribution >= 0.6 is 0 Å². The zero-order valence-corrected chi connectivity index (χ0v) is 25.7. The standard InChI is InChI=1S/C35H38FN3O4S/c1-38(44(42,43)32-21-18-28-12-8-9-13-29(28)23-32)25-34(40)39(24-27-16-19-30(36)20-17-27)33(22-26-10-4-2-5-11-26)35(41)37-31-14-6-3-7-15-31/h2,4-5,8-13,16-21,23,31,33H,3,6-7,14-15,22,24-25H2,1H3,(H,37,41)/t33-/m1/s1. The molecule has 44 heavy (non-hydrogen) atoms. The van der Waals surface area contributed by atoms with Gasteiger partial charge in [0.1, 0.15) is 11.9 Å². The molecular formula is C35H38FN3O4S. The molecule has 1 aliphatic carbocycles. The molecule has 5 rings (SSSR count). The number of benzene rings is 4. The van der Waals surface area contributed by atoms with Crippen LogP contribution in [0.3, 0.4) is 0 Å². The van der Waals surface area contributed by atoms with Crippen LogP contribution in [-0.2, 0) is 32.6 Å². The normalized spacial score (nSPS) is 14.8. The van der Waals surface area contributed by atoms with Crippen LogP contribution in [0.5, 0.6) is 0 Å². The topological polar surface area (TPSA) is 86.8 Å². The second-order valence-corrected chi connectivity index (χ2v) is 13.5. The van der Waals surface area contributed by atoms with Crippen LogP contribution in [0.4, 0.5) is 4.39 Å². The third-order valence-corrected chi connectivity index (χ3v) is 10.1. The molecule has 1 fully saturated rings. The fourth-order valence-corrected chi connectivity index (χ4v) is 6.92. The highest BCUT2D eigenvalue weighted by Gasteiger charge is 2.34. The number of amides is 2. The maximum atomic E-state index is 14.1. The largest absolute Gasteiger partial charge is 0.352 e. The van der Waals surface area contributed by atoms with Crippen molar-refractivity contribution in [3.05, 3.63) is 114 Å². The van der Waals surface area contributed by atoms with E-state index < -0.39 is 34.3 Å². The Morgan fingerprint density at radius 3 is 2.20 bits per heavy atom. The molecule has 1 N–H and O–H groups in total. The van der Waals surface area contributed by atoms with Crippen LogP contribution < -0.4 is 5.32 Å². The molecule has 4 aromatic carbocycles. The second kappa shape index (κ2) is 14.1. The van der Waals surface area contributed by atoms with Crippen LogP contribution in [0.2, 0.25) is 0 Å². The molecule has 0 unspecified atom stereocenters. The fraction of sp³-hybridized carbons (Fsp3) is 0.314. The molecule has 2 amide bonds. The van der Waals surface area contributed by atoms with E-state index in [2.05, 4.69) is 5.32 Å². The highest BCUT2D eigenvalue weighted by atomic mass is 32.2. The van der Waals surface area contributed by atoms with Gasteiger partial charge >= 0.3 is 0 Å². The summed E-state index contributed by atoms with van der Waals surface area (Å²) in [6, 6.07) is 26.6. The van der Waals surface area contributed by atoms with E-state index in [-0.39, 0.29) is 29.8 Å². The molecule has 230 valence electrons. The second-order valence-electron chi connectivity index (χ2n) is 11.5. The maximum Gasteiger partial charge on any atom is 0.243 e. The molecule has 0 heterocycles. The lowest BCUT2D eigenvalue weighted by Crippen LogP contribution is -2.54. The number of nitrogens with zero attached hydrogens (tertiary/aromatic N) is 2. The zero-order chi connectivity index (χ0) is 31.1. The number of rotatable bonds is 11. The van der Waals surface area contributed by atoms with E-state index in [1.54, 1.807) is 24.3 Å². The van der Waals surface area contributed by atoms with Crippen molar-refractivity contribution in [2.45, 2.75) is 62.0 Å². The Morgan fingerprint density at radius 2 is 1.50 bits per heavy atom. The van der Waals surface area contributed by atoms with Gasteiger partial charge in [0, 0.05) is 26.1 Å². The molecule has 0 radical (unpaired) electrons. The van der Waals surface area contributed by atoms with Crippen LogP contribution in [0.25, 0.3) is 10.8 Å². The van der Waals surface area contributed by atoms with Crippen LogP contribution in [0.1, 0.15) is 43.2 Å². The van der Waals surface area contributed by atoms with Gasteiger partial charge in [-0.1, -0.05) is 92.1 Å². The summed E-state index contributed by atoms with van der Waals surface area (Å²) in [5.74, 6) is -1.22. The minimum atomic E-state index is -4.03. The molecule has 1 atom stereocenters. The lowest BCUT2D eigenvalue weighted by atomic mass is 9.94. The van der Waals surface area contributed by atoms with Gasteiger partial charge in [-0.2, -0.15) is 4.31 Å². The van der Waals surface area contributed by atoms with E-state index in [1.165, 1.54) is 30.1 Å². The van der Waals surface area contributed by atoms with Gasteiger partial charge in [0.15, 0.2) is 0 Å². The molecule has 0 aliphatic heterocycles. The number of likely N-dealkylation sites (N-methyl/N-ethyl adjacent to an activating group) is 1. The third-order valence-electron chi connectivity index (χ3n) is 8.28. The van der Waals surface area contributed by atoms with Crippen molar-refractivity contribution in [3.63, 3.8) is 0 Å². The van der Waals surface area contributed by atoms with Crippen molar-refractivity contribution in [2.24, 2.45) is 0 Å². The molecule has 4 aromatic rings. The highest BCUT2D eigenvalue weighted by Crippen LogP contribution is 2.23. The van der Waals surface area contributed by atoms with Crippen molar-refractivity contribution < 1.29 is 22.4 Å². The van der Waals surface area contributed by atoms with E-state index in [1.807, 2.05) is 54.6 Å². The summed E-state index contributed by atoms with van der Waals surface area (Å²) in [5.41, 5.74) is 1.49. The number of carbonyl (C=O) groups is 2. The van der Waals surface area contributed by atoms with E-state index >= 15 is 0 Å². The van der Waals surface area contributed by atoms with Crippen LogP contribution in [-0.4, -0.2) is 55.1 Å². The first kappa shape index (κ1) is 31.3. The number of hydrogen-bond acceptors (Lipinski definition) is 4. The monoisotopic (exact) mass is 615 g/mol.